The molecule has 192 valence electrons. The van der Waals surface area contributed by atoms with Crippen molar-refractivity contribution in [2.24, 2.45) is 0 Å². The SMILES string of the molecule is C[C@@H](C(=O)N(CCC#N)Cc1cccnc1)N1CC[C@H](NS(=O)(=O)c2ccc3cc(Cl)ccc3c2)C1=O. The molecule has 1 aromatic heterocycles. The third-order valence-corrected chi connectivity index (χ3v) is 8.05. The molecule has 3 aromatic rings. The van der Waals surface area contributed by atoms with Crippen molar-refractivity contribution >= 4 is 44.2 Å². The maximum atomic E-state index is 13.3. The summed E-state index contributed by atoms with van der Waals surface area (Å²) in [5.41, 5.74) is 0.803. The first-order valence-corrected chi connectivity index (χ1v) is 13.6. The topological polar surface area (TPSA) is 123 Å². The fourth-order valence-electron chi connectivity index (χ4n) is 4.37. The van der Waals surface area contributed by atoms with Gasteiger partial charge in [0.15, 0.2) is 0 Å². The summed E-state index contributed by atoms with van der Waals surface area (Å²) < 4.78 is 28.6. The molecule has 1 saturated heterocycles. The van der Waals surface area contributed by atoms with Crippen LogP contribution in [0.1, 0.15) is 25.3 Å². The molecule has 0 spiro atoms. The summed E-state index contributed by atoms with van der Waals surface area (Å²) in [6, 6.07) is 13.7. The molecule has 2 amide bonds. The minimum absolute atomic E-state index is 0.0387. The van der Waals surface area contributed by atoms with Crippen molar-refractivity contribution in [1.82, 2.24) is 19.5 Å². The van der Waals surface area contributed by atoms with Crippen LogP contribution in [0.5, 0.6) is 0 Å². The van der Waals surface area contributed by atoms with Crippen LogP contribution in [-0.2, 0) is 26.2 Å². The number of aromatic nitrogens is 1. The number of hydrogen-bond acceptors (Lipinski definition) is 6. The Hall–Kier alpha value is -3.52. The van der Waals surface area contributed by atoms with E-state index in [4.69, 9.17) is 16.9 Å². The first kappa shape index (κ1) is 26.5. The zero-order chi connectivity index (χ0) is 26.6. The van der Waals surface area contributed by atoms with Crippen LogP contribution < -0.4 is 4.72 Å². The molecule has 37 heavy (non-hydrogen) atoms. The van der Waals surface area contributed by atoms with Gasteiger partial charge in [-0.25, -0.2) is 8.42 Å². The van der Waals surface area contributed by atoms with Crippen LogP contribution in [0.4, 0.5) is 0 Å². The zero-order valence-corrected chi connectivity index (χ0v) is 21.7. The third kappa shape index (κ3) is 6.07. The maximum Gasteiger partial charge on any atom is 0.245 e. The van der Waals surface area contributed by atoms with Gasteiger partial charge in [-0.3, -0.25) is 14.6 Å². The molecule has 2 atom stereocenters. The molecule has 1 N–H and O–H groups in total. The number of benzene rings is 2. The molecule has 2 aromatic carbocycles. The first-order chi connectivity index (χ1) is 17.7. The lowest BCUT2D eigenvalue weighted by molar-refractivity contribution is -0.143. The number of hydrogen-bond donors (Lipinski definition) is 1. The monoisotopic (exact) mass is 539 g/mol. The number of likely N-dealkylation sites (tertiary alicyclic amines) is 1. The quantitative estimate of drug-likeness (QED) is 0.445. The van der Waals surface area contributed by atoms with Gasteiger partial charge in [-0.1, -0.05) is 29.8 Å². The summed E-state index contributed by atoms with van der Waals surface area (Å²) in [4.78, 5) is 33.5. The molecule has 1 aliphatic heterocycles. The number of carbonyl (C=O) groups excluding carboxylic acids is 2. The number of nitriles is 1. The molecule has 0 unspecified atom stereocenters. The standard InChI is InChI=1S/C26H26ClN5O4S/c1-18(25(33)31(12-3-10-28)17-19-4-2-11-29-16-19)32-13-9-24(26(32)34)30-37(35,36)23-8-6-20-14-22(27)7-5-21(20)15-23/h2,4-8,11,14-16,18,24,30H,3,9,12-13,17H2,1H3/t18-,24-/m0/s1. The maximum absolute atomic E-state index is 13.3. The Kier molecular flexibility index (Phi) is 8.07. The highest BCUT2D eigenvalue weighted by atomic mass is 35.5. The van der Waals surface area contributed by atoms with Crippen molar-refractivity contribution in [2.45, 2.75) is 43.3 Å². The van der Waals surface area contributed by atoms with E-state index in [0.717, 1.165) is 10.9 Å². The molecule has 4 rings (SSSR count). The van der Waals surface area contributed by atoms with E-state index < -0.39 is 28.0 Å². The molecule has 11 heteroatoms. The van der Waals surface area contributed by atoms with Crippen LogP contribution in [0.3, 0.4) is 0 Å². The Morgan fingerprint density at radius 3 is 2.76 bits per heavy atom. The predicted molar refractivity (Wildman–Crippen MR) is 139 cm³/mol. The first-order valence-electron chi connectivity index (χ1n) is 11.8. The Balaban J connectivity index is 1.46. The number of sulfonamides is 1. The Labute approximate surface area is 220 Å². The molecule has 2 heterocycles. The lowest BCUT2D eigenvalue weighted by Gasteiger charge is -2.30. The average molecular weight is 540 g/mol. The summed E-state index contributed by atoms with van der Waals surface area (Å²) in [5.74, 6) is -0.775. The van der Waals surface area contributed by atoms with E-state index in [-0.39, 0.29) is 43.3 Å². The molecule has 9 nitrogen and oxygen atoms in total. The highest BCUT2D eigenvalue weighted by Crippen LogP contribution is 2.24. The molecular weight excluding hydrogens is 514 g/mol. The van der Waals surface area contributed by atoms with Crippen molar-refractivity contribution in [2.75, 3.05) is 13.1 Å². The third-order valence-electron chi connectivity index (χ3n) is 6.35. The van der Waals surface area contributed by atoms with Crippen LogP contribution in [-0.4, -0.2) is 60.2 Å². The number of rotatable bonds is 9. The minimum Gasteiger partial charge on any atom is -0.336 e. The van der Waals surface area contributed by atoms with E-state index in [9.17, 15) is 18.0 Å². The molecule has 0 saturated carbocycles. The Morgan fingerprint density at radius 2 is 2.03 bits per heavy atom. The molecule has 1 aliphatic rings. The molecule has 1 fully saturated rings. The van der Waals surface area contributed by atoms with Gasteiger partial charge in [0.05, 0.1) is 17.4 Å². The van der Waals surface area contributed by atoms with E-state index in [0.29, 0.717) is 10.4 Å². The molecule has 0 bridgehead atoms. The summed E-state index contributed by atoms with van der Waals surface area (Å²) in [5, 5.41) is 11.1. The number of carbonyl (C=O) groups is 2. The highest BCUT2D eigenvalue weighted by molar-refractivity contribution is 7.89. The normalized spacial score (nSPS) is 16.5. The van der Waals surface area contributed by atoms with Crippen LogP contribution in [0, 0.1) is 11.3 Å². The number of fused-ring (bicyclic) bond motifs is 1. The molecule has 0 radical (unpaired) electrons. The Bertz CT molecular complexity index is 1460. The average Bonchev–Trinajstić information content (AvgIpc) is 3.24. The fraction of sp³-hybridized carbons (Fsp3) is 0.308. The van der Waals surface area contributed by atoms with Gasteiger partial charge in [0.1, 0.15) is 12.1 Å². The van der Waals surface area contributed by atoms with Gasteiger partial charge in [0.25, 0.3) is 0 Å². The van der Waals surface area contributed by atoms with Crippen molar-refractivity contribution < 1.29 is 18.0 Å². The van der Waals surface area contributed by atoms with E-state index in [1.807, 2.05) is 12.1 Å². The summed E-state index contributed by atoms with van der Waals surface area (Å²) in [6.07, 6.45) is 3.66. The van der Waals surface area contributed by atoms with Crippen LogP contribution in [0.2, 0.25) is 5.02 Å². The predicted octanol–water partition coefficient (Wildman–Crippen LogP) is 3.10. The number of nitrogens with one attached hydrogen (secondary N) is 1. The van der Waals surface area contributed by atoms with Crippen molar-refractivity contribution in [3.63, 3.8) is 0 Å². The van der Waals surface area contributed by atoms with Gasteiger partial charge in [-0.2, -0.15) is 9.98 Å². The van der Waals surface area contributed by atoms with Gasteiger partial charge in [-0.15, -0.1) is 0 Å². The van der Waals surface area contributed by atoms with Gasteiger partial charge in [-0.05, 0) is 60.0 Å². The lowest BCUT2D eigenvalue weighted by Crippen LogP contribution is -2.50. The minimum atomic E-state index is -3.99. The van der Waals surface area contributed by atoms with Crippen LogP contribution in [0.15, 0.2) is 65.8 Å². The van der Waals surface area contributed by atoms with Gasteiger partial charge < -0.3 is 9.80 Å². The number of pyridine rings is 1. The van der Waals surface area contributed by atoms with Gasteiger partial charge >= 0.3 is 0 Å². The lowest BCUT2D eigenvalue weighted by atomic mass is 10.1. The highest BCUT2D eigenvalue weighted by Gasteiger charge is 2.40. The van der Waals surface area contributed by atoms with Crippen molar-refractivity contribution in [3.05, 3.63) is 71.5 Å². The summed E-state index contributed by atoms with van der Waals surface area (Å²) in [6.45, 7) is 2.31. The number of amides is 2. The largest absolute Gasteiger partial charge is 0.336 e. The van der Waals surface area contributed by atoms with Gasteiger partial charge in [0.2, 0.25) is 21.8 Å². The number of nitrogens with zero attached hydrogens (tertiary/aromatic N) is 4. The zero-order valence-electron chi connectivity index (χ0n) is 20.2. The van der Waals surface area contributed by atoms with Crippen LogP contribution in [0.25, 0.3) is 10.8 Å². The van der Waals surface area contributed by atoms with Gasteiger partial charge in [0, 0.05) is 37.1 Å². The van der Waals surface area contributed by atoms with E-state index in [1.165, 1.54) is 21.9 Å². The van der Waals surface area contributed by atoms with Crippen molar-refractivity contribution in [3.8, 4) is 6.07 Å². The summed E-state index contributed by atoms with van der Waals surface area (Å²) in [7, 11) is -3.99. The Morgan fingerprint density at radius 1 is 1.27 bits per heavy atom. The molecule has 0 aliphatic carbocycles. The summed E-state index contributed by atoms with van der Waals surface area (Å²) >= 11 is 6.01. The van der Waals surface area contributed by atoms with E-state index in [1.54, 1.807) is 49.6 Å². The second-order valence-electron chi connectivity index (χ2n) is 8.85. The van der Waals surface area contributed by atoms with Crippen molar-refractivity contribution in [1.29, 1.82) is 5.26 Å². The molecular formula is C26H26ClN5O4S. The van der Waals surface area contributed by atoms with E-state index in [2.05, 4.69) is 9.71 Å². The second-order valence-corrected chi connectivity index (χ2v) is 11.0. The van der Waals surface area contributed by atoms with E-state index >= 15 is 0 Å². The smallest absolute Gasteiger partial charge is 0.245 e. The second kappa shape index (κ2) is 11.3. The fourth-order valence-corrected chi connectivity index (χ4v) is 5.81. The number of halogens is 1. The van der Waals surface area contributed by atoms with Crippen LogP contribution >= 0.6 is 11.6 Å².